The quantitative estimate of drug-likeness (QED) is 0.470. The Hall–Kier alpha value is -2.03. The van der Waals surface area contributed by atoms with E-state index in [1.807, 2.05) is 19.9 Å². The molecule has 0 unspecified atom stereocenters. The zero-order valence-corrected chi connectivity index (χ0v) is 22.0. The number of aliphatic hydroxyl groups is 2. The maximum absolute atomic E-state index is 13.2. The topological polar surface area (TPSA) is 122 Å². The van der Waals surface area contributed by atoms with Crippen LogP contribution in [0.1, 0.15) is 85.2 Å². The third-order valence-electron chi connectivity index (χ3n) is 7.93. The maximum Gasteiger partial charge on any atom is 0.309 e. The van der Waals surface area contributed by atoms with Crippen LogP contribution in [0.5, 0.6) is 0 Å². The fourth-order valence-electron chi connectivity index (χ4n) is 5.07. The highest BCUT2D eigenvalue weighted by atomic mass is 16.6. The van der Waals surface area contributed by atoms with Crippen LogP contribution in [0.25, 0.3) is 6.08 Å². The van der Waals surface area contributed by atoms with Crippen LogP contribution < -0.4 is 0 Å². The molecule has 1 aromatic rings. The molecule has 0 spiro atoms. The van der Waals surface area contributed by atoms with Gasteiger partial charge in [-0.2, -0.15) is 0 Å². The van der Waals surface area contributed by atoms with Gasteiger partial charge in [-0.15, -0.1) is 0 Å². The summed E-state index contributed by atoms with van der Waals surface area (Å²) in [6, 6.07) is 0. The van der Waals surface area contributed by atoms with E-state index in [0.29, 0.717) is 18.0 Å². The summed E-state index contributed by atoms with van der Waals surface area (Å²) >= 11 is 0. The van der Waals surface area contributed by atoms with Crippen LogP contribution in [0.15, 0.2) is 16.3 Å². The Labute approximate surface area is 208 Å². The van der Waals surface area contributed by atoms with E-state index >= 15 is 0 Å². The Bertz CT molecular complexity index is 951. The van der Waals surface area contributed by atoms with Gasteiger partial charge in [-0.3, -0.25) is 9.59 Å². The number of carbonyl (C=O) groups is 2. The summed E-state index contributed by atoms with van der Waals surface area (Å²) in [6.45, 7) is 12.5. The molecule has 196 valence electrons. The van der Waals surface area contributed by atoms with E-state index in [0.717, 1.165) is 24.8 Å². The van der Waals surface area contributed by atoms with Gasteiger partial charge in [-0.1, -0.05) is 34.1 Å². The van der Waals surface area contributed by atoms with E-state index in [9.17, 15) is 19.8 Å². The Morgan fingerprint density at radius 2 is 1.89 bits per heavy atom. The van der Waals surface area contributed by atoms with E-state index in [1.165, 1.54) is 0 Å². The maximum atomic E-state index is 13.2. The normalized spacial score (nSPS) is 37.5. The molecule has 0 radical (unpaired) electrons. The van der Waals surface area contributed by atoms with Crippen LogP contribution in [-0.2, 0) is 19.1 Å². The molecule has 8 heteroatoms. The van der Waals surface area contributed by atoms with Crippen molar-refractivity contribution in [2.24, 2.45) is 17.3 Å². The third kappa shape index (κ3) is 6.40. The minimum Gasteiger partial charge on any atom is -0.458 e. The van der Waals surface area contributed by atoms with Crippen molar-refractivity contribution in [3.63, 3.8) is 0 Å². The van der Waals surface area contributed by atoms with Crippen LogP contribution in [-0.4, -0.2) is 57.0 Å². The first-order valence-electron chi connectivity index (χ1n) is 12.6. The average Bonchev–Trinajstić information content (AvgIpc) is 3.22. The minimum atomic E-state index is -1.24. The molecular weight excluding hydrogens is 450 g/mol. The molecule has 2 aliphatic heterocycles. The van der Waals surface area contributed by atoms with Crippen molar-refractivity contribution < 1.29 is 33.7 Å². The van der Waals surface area contributed by atoms with Crippen LogP contribution >= 0.6 is 0 Å². The fraction of sp³-hybridized carbons (Fsp3) is 0.741. The number of hydrogen-bond donors (Lipinski definition) is 2. The molecule has 1 aromatic heterocycles. The standard InChI is InChI=1S/C27H41NO7/c1-15-9-8-10-27(7)22(35-27)12-20(16(2)11-19-14-33-18(4)28-19)34-23(30)13-21(29)26(5,6)25(32)17(3)24(15)31/h11,14-15,17,20-22,24,29,31H,8-10,12-13H2,1-7H3/b16-11-/t15-,17-,20+,21+,22+,24-,27-/m1/s1. The SMILES string of the molecule is C/C(=C/c1coc(C)n1)[C@@H]1C[C@@H]2O[C@]2(C)CCC[C@@H](C)[C@@H](O)[C@@H](C)C(=O)C(C)(C)[C@@H](O)CC(=O)O1. The highest BCUT2D eigenvalue weighted by Gasteiger charge is 2.53. The first kappa shape index (κ1) is 27.6. The largest absolute Gasteiger partial charge is 0.458 e. The number of carbonyl (C=O) groups excluding carboxylic acids is 2. The summed E-state index contributed by atoms with van der Waals surface area (Å²) in [6.07, 6.45) is 3.23. The summed E-state index contributed by atoms with van der Waals surface area (Å²) in [4.78, 5) is 30.4. The summed E-state index contributed by atoms with van der Waals surface area (Å²) in [5, 5.41) is 21.7. The molecular formula is C27H41NO7. The summed E-state index contributed by atoms with van der Waals surface area (Å²) < 4.78 is 17.1. The third-order valence-corrected chi connectivity index (χ3v) is 7.93. The number of esters is 1. The lowest BCUT2D eigenvalue weighted by atomic mass is 9.73. The summed E-state index contributed by atoms with van der Waals surface area (Å²) in [7, 11) is 0. The summed E-state index contributed by atoms with van der Waals surface area (Å²) in [5.41, 5.74) is -0.107. The molecule has 3 heterocycles. The van der Waals surface area contributed by atoms with Gasteiger partial charge in [0.25, 0.3) is 0 Å². The van der Waals surface area contributed by atoms with E-state index in [1.54, 1.807) is 34.0 Å². The van der Waals surface area contributed by atoms with Crippen LogP contribution in [0.4, 0.5) is 0 Å². The zero-order valence-electron chi connectivity index (χ0n) is 22.0. The Kier molecular flexibility index (Phi) is 8.29. The van der Waals surface area contributed by atoms with Gasteiger partial charge >= 0.3 is 5.97 Å². The number of nitrogens with zero attached hydrogens (tertiary/aromatic N) is 1. The van der Waals surface area contributed by atoms with Crippen LogP contribution in [0.3, 0.4) is 0 Å². The van der Waals surface area contributed by atoms with Gasteiger partial charge in [0.1, 0.15) is 23.8 Å². The number of oxazole rings is 1. The monoisotopic (exact) mass is 491 g/mol. The van der Waals surface area contributed by atoms with Crippen molar-refractivity contribution in [2.45, 2.75) is 111 Å². The van der Waals surface area contributed by atoms with Crippen molar-refractivity contribution >= 4 is 17.8 Å². The molecule has 35 heavy (non-hydrogen) atoms. The van der Waals surface area contributed by atoms with Crippen molar-refractivity contribution in [3.8, 4) is 0 Å². The number of epoxide rings is 1. The molecule has 0 saturated carbocycles. The summed E-state index contributed by atoms with van der Waals surface area (Å²) in [5.74, 6) is -1.06. The van der Waals surface area contributed by atoms with Crippen molar-refractivity contribution in [1.82, 2.24) is 4.98 Å². The van der Waals surface area contributed by atoms with Crippen LogP contribution in [0.2, 0.25) is 0 Å². The predicted molar refractivity (Wildman–Crippen MR) is 130 cm³/mol. The zero-order chi connectivity index (χ0) is 26.1. The van der Waals surface area contributed by atoms with Crippen molar-refractivity contribution in [3.05, 3.63) is 23.4 Å². The highest BCUT2D eigenvalue weighted by Crippen LogP contribution is 2.45. The van der Waals surface area contributed by atoms with Gasteiger partial charge in [0.05, 0.1) is 35.7 Å². The molecule has 8 nitrogen and oxygen atoms in total. The smallest absolute Gasteiger partial charge is 0.309 e. The molecule has 0 amide bonds. The second-order valence-corrected chi connectivity index (χ2v) is 11.3. The Balaban J connectivity index is 1.85. The minimum absolute atomic E-state index is 0.0716. The lowest BCUT2D eigenvalue weighted by molar-refractivity contribution is -0.154. The van der Waals surface area contributed by atoms with E-state index in [4.69, 9.17) is 13.9 Å². The molecule has 7 atom stereocenters. The van der Waals surface area contributed by atoms with Crippen molar-refractivity contribution in [2.75, 3.05) is 0 Å². The first-order valence-corrected chi connectivity index (χ1v) is 12.6. The highest BCUT2D eigenvalue weighted by molar-refractivity contribution is 5.88. The molecule has 0 aromatic carbocycles. The number of aliphatic hydroxyl groups excluding tert-OH is 2. The van der Waals surface area contributed by atoms with E-state index in [2.05, 4.69) is 11.9 Å². The van der Waals surface area contributed by atoms with Gasteiger partial charge < -0.3 is 24.1 Å². The number of hydrogen-bond acceptors (Lipinski definition) is 8. The average molecular weight is 492 g/mol. The van der Waals surface area contributed by atoms with Gasteiger partial charge in [-0.05, 0) is 44.3 Å². The van der Waals surface area contributed by atoms with Gasteiger partial charge in [0, 0.05) is 19.3 Å². The number of fused-ring (bicyclic) bond motifs is 1. The van der Waals surface area contributed by atoms with Crippen LogP contribution in [0, 0.1) is 24.2 Å². The van der Waals surface area contributed by atoms with Crippen molar-refractivity contribution in [1.29, 1.82) is 0 Å². The van der Waals surface area contributed by atoms with Gasteiger partial charge in [0.15, 0.2) is 5.89 Å². The molecule has 2 aliphatic rings. The molecule has 0 aliphatic carbocycles. The van der Waals surface area contributed by atoms with Gasteiger partial charge in [-0.25, -0.2) is 4.98 Å². The predicted octanol–water partition coefficient (Wildman–Crippen LogP) is 4.01. The van der Waals surface area contributed by atoms with Gasteiger partial charge in [0.2, 0.25) is 0 Å². The molecule has 0 bridgehead atoms. The number of ether oxygens (including phenoxy) is 2. The lowest BCUT2D eigenvalue weighted by Gasteiger charge is -2.34. The number of Topliss-reactive ketones (excluding diaryl/α,β-unsaturated/α-hetero) is 1. The molecule has 3 rings (SSSR count). The number of cyclic esters (lactones) is 1. The fourth-order valence-corrected chi connectivity index (χ4v) is 5.07. The number of aromatic nitrogens is 1. The second-order valence-electron chi connectivity index (χ2n) is 11.3. The Morgan fingerprint density at radius 1 is 1.20 bits per heavy atom. The Morgan fingerprint density at radius 3 is 2.51 bits per heavy atom. The lowest BCUT2D eigenvalue weighted by Crippen LogP contribution is -2.45. The molecule has 2 fully saturated rings. The second kappa shape index (κ2) is 10.5. The molecule has 2 N–H and O–H groups in total. The number of ketones is 1. The number of rotatable bonds is 2. The van der Waals surface area contributed by atoms with E-state index < -0.39 is 35.6 Å². The first-order chi connectivity index (χ1) is 16.2. The number of aryl methyl sites for hydroxylation is 1. The van der Waals surface area contributed by atoms with E-state index in [-0.39, 0.29) is 29.8 Å². The molecule has 2 saturated heterocycles.